The topological polar surface area (TPSA) is 112 Å². The number of aryl methyl sites for hydroxylation is 1. The van der Waals surface area contributed by atoms with E-state index in [0.29, 0.717) is 23.4 Å². The fourth-order valence-electron chi connectivity index (χ4n) is 2.58. The molecular weight excluding hydrogens is 290 g/mol. The minimum atomic E-state index is -0.715. The van der Waals surface area contributed by atoms with Crippen LogP contribution in [0.25, 0.3) is 0 Å². The Morgan fingerprint density at radius 2 is 2.09 bits per heavy atom. The molecule has 0 aromatic carbocycles. The molecule has 1 aliphatic heterocycles. The highest BCUT2D eigenvalue weighted by Crippen LogP contribution is 2.24. The molecule has 0 radical (unpaired) electrons. The van der Waals surface area contributed by atoms with Gasteiger partial charge in [-0.15, -0.1) is 0 Å². The first kappa shape index (κ1) is 16.0. The van der Waals surface area contributed by atoms with Crippen LogP contribution in [-0.2, 0) is 9.53 Å². The summed E-state index contributed by atoms with van der Waals surface area (Å²) in [6.45, 7) is 5.19. The van der Waals surface area contributed by atoms with Gasteiger partial charge in [0.2, 0.25) is 0 Å². The second kappa shape index (κ2) is 6.18. The van der Waals surface area contributed by atoms with E-state index in [-0.39, 0.29) is 12.2 Å². The fraction of sp³-hybridized carbons (Fsp3) is 0.500. The van der Waals surface area contributed by atoms with E-state index in [9.17, 15) is 19.5 Å². The number of hydrogen-bond donors (Lipinski definition) is 3. The third-order valence-corrected chi connectivity index (χ3v) is 3.60. The number of aromatic amines is 1. The molecule has 0 bridgehead atoms. The van der Waals surface area contributed by atoms with Gasteiger partial charge in [0.15, 0.2) is 6.61 Å². The number of nitrogens with zero attached hydrogens (tertiary/aromatic N) is 1. The third kappa shape index (κ3) is 2.96. The van der Waals surface area contributed by atoms with Crippen molar-refractivity contribution in [3.05, 3.63) is 22.5 Å². The predicted molar refractivity (Wildman–Crippen MR) is 76.3 cm³/mol. The van der Waals surface area contributed by atoms with Gasteiger partial charge in [0, 0.05) is 24.3 Å². The minimum absolute atomic E-state index is 0.201. The van der Waals surface area contributed by atoms with Crippen LogP contribution in [0.15, 0.2) is 0 Å². The molecule has 3 N–H and O–H groups in total. The monoisotopic (exact) mass is 309 g/mol. The maximum absolute atomic E-state index is 12.0. The van der Waals surface area contributed by atoms with Gasteiger partial charge in [0.25, 0.3) is 5.91 Å². The van der Waals surface area contributed by atoms with E-state index < -0.39 is 30.6 Å². The average molecular weight is 309 g/mol. The molecule has 0 aliphatic carbocycles. The predicted octanol–water partition coefficient (Wildman–Crippen LogP) is 0.393. The van der Waals surface area contributed by atoms with E-state index in [1.807, 2.05) is 0 Å². The Kier molecular flexibility index (Phi) is 4.51. The van der Waals surface area contributed by atoms with Gasteiger partial charge in [-0.05, 0) is 26.3 Å². The van der Waals surface area contributed by atoms with Gasteiger partial charge in [0.1, 0.15) is 5.69 Å². The maximum Gasteiger partial charge on any atom is 0.355 e. The molecule has 120 valence electrons. The molecule has 1 fully saturated rings. The smallest absolute Gasteiger partial charge is 0.355 e. The highest BCUT2D eigenvalue weighted by atomic mass is 16.5. The van der Waals surface area contributed by atoms with Gasteiger partial charge in [-0.2, -0.15) is 0 Å². The lowest BCUT2D eigenvalue weighted by atomic mass is 10.1. The van der Waals surface area contributed by atoms with E-state index in [1.165, 1.54) is 0 Å². The summed E-state index contributed by atoms with van der Waals surface area (Å²) in [5.74, 6) is -1.26. The Morgan fingerprint density at radius 1 is 1.41 bits per heavy atom. The second-order valence-corrected chi connectivity index (χ2v) is 5.19. The SMILES string of the molecule is Cc1[nH]c(C(=O)OCC(=O)N2CCNC2=O)c(C)c1[C@H](C)O. The molecular formula is C14H19N3O5. The highest BCUT2D eigenvalue weighted by Gasteiger charge is 2.28. The number of H-pyrrole nitrogens is 1. The lowest BCUT2D eigenvalue weighted by Gasteiger charge is -2.12. The van der Waals surface area contributed by atoms with Gasteiger partial charge in [-0.1, -0.05) is 0 Å². The summed E-state index contributed by atoms with van der Waals surface area (Å²) in [7, 11) is 0. The van der Waals surface area contributed by atoms with Crippen LogP contribution >= 0.6 is 0 Å². The van der Waals surface area contributed by atoms with E-state index >= 15 is 0 Å². The molecule has 8 nitrogen and oxygen atoms in total. The van der Waals surface area contributed by atoms with E-state index in [2.05, 4.69) is 10.3 Å². The summed E-state index contributed by atoms with van der Waals surface area (Å²) < 4.78 is 4.96. The lowest BCUT2D eigenvalue weighted by molar-refractivity contribution is -0.130. The van der Waals surface area contributed by atoms with Crippen molar-refractivity contribution < 1.29 is 24.2 Å². The summed E-state index contributed by atoms with van der Waals surface area (Å²) >= 11 is 0. The van der Waals surface area contributed by atoms with Crippen LogP contribution in [0.3, 0.4) is 0 Å². The quantitative estimate of drug-likeness (QED) is 0.697. The van der Waals surface area contributed by atoms with E-state index in [1.54, 1.807) is 20.8 Å². The van der Waals surface area contributed by atoms with Crippen LogP contribution in [-0.4, -0.2) is 52.6 Å². The number of aromatic nitrogens is 1. The van der Waals surface area contributed by atoms with Crippen molar-refractivity contribution in [2.75, 3.05) is 19.7 Å². The van der Waals surface area contributed by atoms with Gasteiger partial charge in [-0.25, -0.2) is 9.59 Å². The number of urea groups is 1. The zero-order chi connectivity index (χ0) is 16.4. The summed E-state index contributed by atoms with van der Waals surface area (Å²) in [5.41, 5.74) is 2.10. The molecule has 1 atom stereocenters. The normalized spacial score (nSPS) is 15.6. The summed E-state index contributed by atoms with van der Waals surface area (Å²) in [4.78, 5) is 39.0. The van der Waals surface area contributed by atoms with Crippen LogP contribution in [0.1, 0.15) is 40.3 Å². The number of aliphatic hydroxyl groups is 1. The molecule has 0 unspecified atom stereocenters. The molecule has 2 heterocycles. The summed E-state index contributed by atoms with van der Waals surface area (Å²) in [6, 6.07) is -0.482. The van der Waals surface area contributed by atoms with Crippen molar-refractivity contribution in [3.63, 3.8) is 0 Å². The molecule has 1 aromatic rings. The zero-order valence-corrected chi connectivity index (χ0v) is 12.7. The Bertz CT molecular complexity index is 620. The summed E-state index contributed by atoms with van der Waals surface area (Å²) in [6.07, 6.45) is -0.715. The van der Waals surface area contributed by atoms with E-state index in [4.69, 9.17) is 4.74 Å². The molecule has 2 rings (SSSR count). The van der Waals surface area contributed by atoms with Crippen LogP contribution < -0.4 is 5.32 Å². The van der Waals surface area contributed by atoms with Crippen molar-refractivity contribution in [3.8, 4) is 0 Å². The standard InChI is InChI=1S/C14H19N3O5/c1-7-11(9(3)18)8(2)16-12(7)13(20)22-6-10(19)17-5-4-15-14(17)21/h9,16,18H,4-6H2,1-3H3,(H,15,21)/t9-/m0/s1. The zero-order valence-electron chi connectivity index (χ0n) is 12.7. The van der Waals surface area contributed by atoms with Crippen molar-refractivity contribution in [1.82, 2.24) is 15.2 Å². The number of carbonyl (C=O) groups excluding carboxylic acids is 3. The Hall–Kier alpha value is -2.35. The molecule has 0 saturated carbocycles. The number of hydrogen-bond acceptors (Lipinski definition) is 5. The number of esters is 1. The Labute approximate surface area is 127 Å². The Morgan fingerprint density at radius 3 is 2.59 bits per heavy atom. The number of rotatable bonds is 4. The molecule has 1 aromatic heterocycles. The highest BCUT2D eigenvalue weighted by molar-refractivity contribution is 5.98. The number of amides is 3. The van der Waals surface area contributed by atoms with Crippen LogP contribution in [0, 0.1) is 13.8 Å². The van der Waals surface area contributed by atoms with Crippen molar-refractivity contribution in [1.29, 1.82) is 0 Å². The van der Waals surface area contributed by atoms with Crippen molar-refractivity contribution >= 4 is 17.9 Å². The Balaban J connectivity index is 2.02. The second-order valence-electron chi connectivity index (χ2n) is 5.19. The van der Waals surface area contributed by atoms with E-state index in [0.717, 1.165) is 4.90 Å². The largest absolute Gasteiger partial charge is 0.451 e. The molecule has 8 heteroatoms. The number of ether oxygens (including phenoxy) is 1. The molecule has 1 aliphatic rings. The summed E-state index contributed by atoms with van der Waals surface area (Å²) in [5, 5.41) is 12.2. The molecule has 1 saturated heterocycles. The van der Waals surface area contributed by atoms with Crippen molar-refractivity contribution in [2.24, 2.45) is 0 Å². The van der Waals surface area contributed by atoms with Gasteiger partial charge in [0.05, 0.1) is 6.10 Å². The van der Waals surface area contributed by atoms with Crippen molar-refractivity contribution in [2.45, 2.75) is 26.9 Å². The number of nitrogens with one attached hydrogen (secondary N) is 2. The fourth-order valence-corrected chi connectivity index (χ4v) is 2.58. The first-order valence-corrected chi connectivity index (χ1v) is 6.95. The maximum atomic E-state index is 12.0. The van der Waals surface area contributed by atoms with Crippen LogP contribution in [0.5, 0.6) is 0 Å². The first-order valence-electron chi connectivity index (χ1n) is 6.95. The number of imide groups is 1. The van der Waals surface area contributed by atoms with Gasteiger partial charge < -0.3 is 20.1 Å². The molecule has 3 amide bonds. The van der Waals surface area contributed by atoms with Gasteiger partial charge in [-0.3, -0.25) is 9.69 Å². The average Bonchev–Trinajstić information content (AvgIpc) is 2.99. The minimum Gasteiger partial charge on any atom is -0.451 e. The van der Waals surface area contributed by atoms with Crippen LogP contribution in [0.2, 0.25) is 0 Å². The number of carbonyl (C=O) groups is 3. The van der Waals surface area contributed by atoms with Gasteiger partial charge >= 0.3 is 12.0 Å². The first-order chi connectivity index (χ1) is 10.3. The molecule has 22 heavy (non-hydrogen) atoms. The molecule has 0 spiro atoms. The third-order valence-electron chi connectivity index (χ3n) is 3.60. The lowest BCUT2D eigenvalue weighted by Crippen LogP contribution is -2.37. The number of aliphatic hydroxyl groups excluding tert-OH is 1. The van der Waals surface area contributed by atoms with Crippen LogP contribution in [0.4, 0.5) is 4.79 Å².